The number of nitrogens with one attached hydrogen (secondary N) is 1. The number of methoxy groups -OCH3 is 1. The second kappa shape index (κ2) is 9.72. The summed E-state index contributed by atoms with van der Waals surface area (Å²) in [7, 11) is 1.49. The summed E-state index contributed by atoms with van der Waals surface area (Å²) in [5.41, 5.74) is 3.05. The molecule has 0 spiro atoms. The summed E-state index contributed by atoms with van der Waals surface area (Å²) in [5.74, 6) is -2.05. The number of ether oxygens (including phenoxy) is 1. The van der Waals surface area contributed by atoms with Crippen molar-refractivity contribution in [2.45, 2.75) is 12.5 Å². The minimum absolute atomic E-state index is 0.176. The molecule has 1 atom stereocenters. The molecule has 4 rings (SSSR count). The number of hydrogen-bond donors (Lipinski definition) is 1. The van der Waals surface area contributed by atoms with Crippen molar-refractivity contribution in [1.29, 1.82) is 0 Å². The molecule has 10 heteroatoms. The van der Waals surface area contributed by atoms with Gasteiger partial charge in [-0.25, -0.2) is 9.91 Å². The number of pyridine rings is 1. The fourth-order valence-corrected chi connectivity index (χ4v) is 3.74. The van der Waals surface area contributed by atoms with E-state index >= 15 is 0 Å². The van der Waals surface area contributed by atoms with Crippen molar-refractivity contribution >= 4 is 40.9 Å². The van der Waals surface area contributed by atoms with Gasteiger partial charge in [-0.15, -0.1) is 0 Å². The maximum absolute atomic E-state index is 13.4. The summed E-state index contributed by atoms with van der Waals surface area (Å²) < 4.78 is 5.12. The third kappa shape index (κ3) is 4.46. The van der Waals surface area contributed by atoms with Gasteiger partial charge in [0.2, 0.25) is 5.91 Å². The SMILES string of the molecule is COc1ccc(C(=O)N(NC(=O)c2cccnc2)C2CC(=O)N(c3ccccc3Cl)C2=O)cc1. The van der Waals surface area contributed by atoms with Crippen LogP contribution in [-0.2, 0) is 9.59 Å². The van der Waals surface area contributed by atoms with Gasteiger partial charge in [-0.05, 0) is 48.5 Å². The average Bonchev–Trinajstić information content (AvgIpc) is 3.16. The van der Waals surface area contributed by atoms with E-state index in [1.165, 1.54) is 43.8 Å². The maximum atomic E-state index is 13.4. The van der Waals surface area contributed by atoms with Gasteiger partial charge >= 0.3 is 0 Å². The summed E-state index contributed by atoms with van der Waals surface area (Å²) in [6, 6.07) is 14.3. The molecule has 172 valence electrons. The van der Waals surface area contributed by atoms with Crippen molar-refractivity contribution < 1.29 is 23.9 Å². The van der Waals surface area contributed by atoms with E-state index in [9.17, 15) is 19.2 Å². The van der Waals surface area contributed by atoms with E-state index in [2.05, 4.69) is 10.4 Å². The lowest BCUT2D eigenvalue weighted by Crippen LogP contribution is -2.54. The first-order valence-electron chi connectivity index (χ1n) is 10.2. The fraction of sp³-hybridized carbons (Fsp3) is 0.125. The van der Waals surface area contributed by atoms with Gasteiger partial charge < -0.3 is 4.74 Å². The molecule has 0 bridgehead atoms. The Bertz CT molecular complexity index is 1250. The lowest BCUT2D eigenvalue weighted by molar-refractivity contribution is -0.122. The number of anilines is 1. The first kappa shape index (κ1) is 22.9. The van der Waals surface area contributed by atoms with E-state index in [1.807, 2.05) is 0 Å². The number of halogens is 1. The van der Waals surface area contributed by atoms with Crippen molar-refractivity contribution in [2.24, 2.45) is 0 Å². The Balaban J connectivity index is 1.69. The zero-order valence-corrected chi connectivity index (χ0v) is 18.7. The Labute approximate surface area is 199 Å². The molecule has 3 aromatic rings. The number of hydrazine groups is 1. The van der Waals surface area contributed by atoms with Crippen LogP contribution in [0.15, 0.2) is 73.1 Å². The normalized spacial score (nSPS) is 15.2. The molecule has 1 unspecified atom stereocenters. The summed E-state index contributed by atoms with van der Waals surface area (Å²) in [6.07, 6.45) is 2.49. The molecule has 1 aliphatic rings. The highest BCUT2D eigenvalue weighted by Gasteiger charge is 2.46. The topological polar surface area (TPSA) is 109 Å². The number of para-hydroxylation sites is 1. The van der Waals surface area contributed by atoms with E-state index in [1.54, 1.807) is 36.4 Å². The highest BCUT2D eigenvalue weighted by molar-refractivity contribution is 6.36. The minimum atomic E-state index is -1.28. The van der Waals surface area contributed by atoms with Crippen molar-refractivity contribution in [3.8, 4) is 5.75 Å². The number of carbonyl (C=O) groups is 4. The van der Waals surface area contributed by atoms with E-state index < -0.39 is 29.7 Å². The van der Waals surface area contributed by atoms with Crippen molar-refractivity contribution in [3.05, 3.63) is 89.2 Å². The number of carbonyl (C=O) groups excluding carboxylic acids is 4. The Morgan fingerprint density at radius 2 is 1.79 bits per heavy atom. The van der Waals surface area contributed by atoms with Crippen molar-refractivity contribution in [2.75, 3.05) is 12.0 Å². The van der Waals surface area contributed by atoms with Crippen LogP contribution < -0.4 is 15.1 Å². The van der Waals surface area contributed by atoms with Crippen molar-refractivity contribution in [3.63, 3.8) is 0 Å². The predicted octanol–water partition coefficient (Wildman–Crippen LogP) is 2.86. The van der Waals surface area contributed by atoms with E-state index in [0.717, 1.165) is 9.91 Å². The Morgan fingerprint density at radius 3 is 2.44 bits per heavy atom. The number of aromatic nitrogens is 1. The van der Waals surface area contributed by atoms with Gasteiger partial charge in [0.05, 0.1) is 29.8 Å². The third-order valence-corrected chi connectivity index (χ3v) is 5.55. The van der Waals surface area contributed by atoms with Crippen LogP contribution in [0.1, 0.15) is 27.1 Å². The summed E-state index contributed by atoms with van der Waals surface area (Å²) in [6.45, 7) is 0. The summed E-state index contributed by atoms with van der Waals surface area (Å²) >= 11 is 6.20. The van der Waals surface area contributed by atoms with Crippen LogP contribution in [0.2, 0.25) is 5.02 Å². The van der Waals surface area contributed by atoms with E-state index in [0.29, 0.717) is 5.75 Å². The molecule has 2 heterocycles. The van der Waals surface area contributed by atoms with Gasteiger partial charge in [-0.2, -0.15) is 0 Å². The first-order chi connectivity index (χ1) is 16.4. The Morgan fingerprint density at radius 1 is 1.06 bits per heavy atom. The minimum Gasteiger partial charge on any atom is -0.497 e. The number of nitrogens with zero attached hydrogens (tertiary/aromatic N) is 3. The summed E-state index contributed by atoms with van der Waals surface area (Å²) in [4.78, 5) is 57.2. The molecular weight excluding hydrogens is 460 g/mol. The average molecular weight is 479 g/mol. The van der Waals surface area contributed by atoms with Crippen LogP contribution in [-0.4, -0.2) is 46.8 Å². The molecule has 2 aromatic carbocycles. The van der Waals surface area contributed by atoms with Crippen LogP contribution >= 0.6 is 11.6 Å². The van der Waals surface area contributed by atoms with Gasteiger partial charge in [-0.3, -0.25) is 29.6 Å². The lowest BCUT2D eigenvalue weighted by atomic mass is 10.1. The smallest absolute Gasteiger partial charge is 0.273 e. The van der Waals surface area contributed by atoms with Gasteiger partial charge in [0.25, 0.3) is 17.7 Å². The molecule has 1 fully saturated rings. The molecule has 9 nitrogen and oxygen atoms in total. The quantitative estimate of drug-likeness (QED) is 0.446. The Kier molecular flexibility index (Phi) is 6.55. The van der Waals surface area contributed by atoms with Gasteiger partial charge in [-0.1, -0.05) is 23.7 Å². The molecular formula is C24H19ClN4O5. The second-order valence-electron chi connectivity index (χ2n) is 7.33. The maximum Gasteiger partial charge on any atom is 0.273 e. The van der Waals surface area contributed by atoms with Gasteiger partial charge in [0.1, 0.15) is 11.8 Å². The zero-order chi connectivity index (χ0) is 24.2. The van der Waals surface area contributed by atoms with Gasteiger partial charge in [0, 0.05) is 18.0 Å². The molecule has 34 heavy (non-hydrogen) atoms. The van der Waals surface area contributed by atoms with Crippen LogP contribution in [0.3, 0.4) is 0 Å². The van der Waals surface area contributed by atoms with E-state index in [4.69, 9.17) is 16.3 Å². The third-order valence-electron chi connectivity index (χ3n) is 5.23. The molecule has 1 aromatic heterocycles. The second-order valence-corrected chi connectivity index (χ2v) is 7.73. The number of benzene rings is 2. The molecule has 1 N–H and O–H groups in total. The molecule has 1 saturated heterocycles. The van der Waals surface area contributed by atoms with Crippen LogP contribution in [0.4, 0.5) is 5.69 Å². The lowest BCUT2D eigenvalue weighted by Gasteiger charge is -2.28. The molecule has 0 aliphatic carbocycles. The summed E-state index contributed by atoms with van der Waals surface area (Å²) in [5, 5.41) is 1.09. The predicted molar refractivity (Wildman–Crippen MR) is 123 cm³/mol. The molecule has 0 radical (unpaired) electrons. The van der Waals surface area contributed by atoms with Crippen LogP contribution in [0.25, 0.3) is 0 Å². The number of rotatable bonds is 5. The standard InChI is InChI=1S/C24H19ClN4O5/c1-34-17-10-8-15(9-11-17)23(32)29(27-22(31)16-5-4-12-26-14-16)20-13-21(30)28(24(20)33)19-7-3-2-6-18(19)25/h2-12,14,20H,13H2,1H3,(H,27,31). The fourth-order valence-electron chi connectivity index (χ4n) is 3.52. The van der Waals surface area contributed by atoms with Crippen molar-refractivity contribution in [1.82, 2.24) is 15.4 Å². The van der Waals surface area contributed by atoms with Crippen LogP contribution in [0.5, 0.6) is 5.75 Å². The molecule has 1 aliphatic heterocycles. The Hall–Kier alpha value is -4.24. The number of imide groups is 1. The number of hydrogen-bond acceptors (Lipinski definition) is 6. The van der Waals surface area contributed by atoms with Gasteiger partial charge in [0.15, 0.2) is 0 Å². The monoisotopic (exact) mass is 478 g/mol. The largest absolute Gasteiger partial charge is 0.497 e. The highest BCUT2D eigenvalue weighted by atomic mass is 35.5. The number of amides is 4. The highest BCUT2D eigenvalue weighted by Crippen LogP contribution is 2.31. The molecule has 4 amide bonds. The zero-order valence-electron chi connectivity index (χ0n) is 18.0. The molecule has 0 saturated carbocycles. The van der Waals surface area contributed by atoms with Crippen LogP contribution in [0, 0.1) is 0 Å². The first-order valence-corrected chi connectivity index (χ1v) is 10.6. The van der Waals surface area contributed by atoms with E-state index in [-0.39, 0.29) is 28.3 Å².